The normalized spacial score (nSPS) is 13.2. The van der Waals surface area contributed by atoms with Crippen LogP contribution in [0, 0.1) is 0 Å². The van der Waals surface area contributed by atoms with Crippen LogP contribution >= 0.6 is 11.6 Å². The van der Waals surface area contributed by atoms with Crippen molar-refractivity contribution in [3.05, 3.63) is 59.7 Å². The third-order valence-corrected chi connectivity index (χ3v) is 9.31. The quantitative estimate of drug-likeness (QED) is 0.410. The molecule has 2 aromatic rings. The lowest BCUT2D eigenvalue weighted by molar-refractivity contribution is -0.137. The zero-order chi connectivity index (χ0) is 18.2. The smallest absolute Gasteiger partial charge is 0.166 e. The maximum absolute atomic E-state index is 13.3. The topological polar surface area (TPSA) is 0 Å². The van der Waals surface area contributed by atoms with Gasteiger partial charge in [-0.25, -0.2) is 0 Å². The van der Waals surface area contributed by atoms with Crippen molar-refractivity contribution in [3.8, 4) is 0 Å². The zero-order valence-corrected chi connectivity index (χ0v) is 14.2. The minimum Gasteiger partial charge on any atom is -0.166 e. The second-order valence-corrected chi connectivity index (χ2v) is 10.4. The number of halogens is 7. The first kappa shape index (κ1) is 18.9. The van der Waals surface area contributed by atoms with Gasteiger partial charge in [-0.2, -0.15) is 26.3 Å². The van der Waals surface area contributed by atoms with Gasteiger partial charge in [0.25, 0.3) is 0 Å². The van der Waals surface area contributed by atoms with Crippen molar-refractivity contribution in [2.75, 3.05) is 5.50 Å². The Morgan fingerprint density at radius 1 is 0.750 bits per heavy atom. The molecule has 0 spiro atoms. The Morgan fingerprint density at radius 2 is 1.08 bits per heavy atom. The van der Waals surface area contributed by atoms with Crippen LogP contribution in [0.1, 0.15) is 11.1 Å². The molecule has 0 aliphatic carbocycles. The summed E-state index contributed by atoms with van der Waals surface area (Å²) in [4.78, 5) is 0. The SMILES string of the molecule is C[Si](CCl)(c1ccccc1C(F)(F)F)c1ccccc1C(F)(F)F. The molecule has 0 atom stereocenters. The molecule has 2 rings (SSSR count). The predicted octanol–water partition coefficient (Wildman–Crippen LogP) is 4.70. The Kier molecular flexibility index (Phi) is 5.06. The number of alkyl halides is 7. The lowest BCUT2D eigenvalue weighted by Crippen LogP contribution is -2.61. The summed E-state index contributed by atoms with van der Waals surface area (Å²) in [5.74, 6) is 0. The first-order chi connectivity index (χ1) is 11.0. The molecule has 2 aromatic carbocycles. The van der Waals surface area contributed by atoms with Gasteiger partial charge in [-0.15, -0.1) is 11.6 Å². The van der Waals surface area contributed by atoms with E-state index in [0.29, 0.717) is 0 Å². The third kappa shape index (κ3) is 3.47. The third-order valence-electron chi connectivity index (χ3n) is 3.92. The highest BCUT2D eigenvalue weighted by atomic mass is 35.5. The number of benzene rings is 2. The Labute approximate surface area is 141 Å². The maximum Gasteiger partial charge on any atom is 0.416 e. The van der Waals surface area contributed by atoms with Gasteiger partial charge < -0.3 is 0 Å². The first-order valence-electron chi connectivity index (χ1n) is 6.91. The van der Waals surface area contributed by atoms with E-state index in [1.54, 1.807) is 0 Å². The second-order valence-electron chi connectivity index (χ2n) is 5.55. The Balaban J connectivity index is 2.77. The van der Waals surface area contributed by atoms with Crippen molar-refractivity contribution in [2.45, 2.75) is 18.9 Å². The fraction of sp³-hybridized carbons (Fsp3) is 0.250. The molecule has 0 aromatic heterocycles. The molecule has 8 heteroatoms. The fourth-order valence-electron chi connectivity index (χ4n) is 2.71. The monoisotopic (exact) mass is 382 g/mol. The van der Waals surface area contributed by atoms with E-state index in [1.165, 1.54) is 42.9 Å². The van der Waals surface area contributed by atoms with E-state index in [0.717, 1.165) is 12.1 Å². The van der Waals surface area contributed by atoms with Gasteiger partial charge in [0.05, 0.1) is 11.1 Å². The van der Waals surface area contributed by atoms with Gasteiger partial charge in [0, 0.05) is 5.50 Å². The molecule has 0 aliphatic heterocycles. The molecule has 0 radical (unpaired) electrons. The summed E-state index contributed by atoms with van der Waals surface area (Å²) in [5, 5.41) is -0.298. The molecule has 24 heavy (non-hydrogen) atoms. The molecule has 0 fully saturated rings. The number of hydrogen-bond donors (Lipinski definition) is 0. The van der Waals surface area contributed by atoms with Crippen molar-refractivity contribution < 1.29 is 26.3 Å². The summed E-state index contributed by atoms with van der Waals surface area (Å²) in [5.41, 5.74) is -2.17. The lowest BCUT2D eigenvalue weighted by Gasteiger charge is -2.31. The average Bonchev–Trinajstić information content (AvgIpc) is 2.52. The highest BCUT2D eigenvalue weighted by molar-refractivity contribution is 7.05. The van der Waals surface area contributed by atoms with Gasteiger partial charge >= 0.3 is 12.4 Å². The largest absolute Gasteiger partial charge is 0.416 e. The van der Waals surface area contributed by atoms with Crippen LogP contribution in [0.2, 0.25) is 6.55 Å². The average molecular weight is 383 g/mol. The Bertz CT molecular complexity index is 665. The number of hydrogen-bond acceptors (Lipinski definition) is 0. The van der Waals surface area contributed by atoms with Gasteiger partial charge in [0.15, 0.2) is 0 Å². The van der Waals surface area contributed by atoms with E-state index in [4.69, 9.17) is 11.6 Å². The maximum atomic E-state index is 13.3. The molecule has 0 heterocycles. The lowest BCUT2D eigenvalue weighted by atomic mass is 10.2. The van der Waals surface area contributed by atoms with E-state index < -0.39 is 31.6 Å². The minimum atomic E-state index is -4.66. The molecule has 0 amide bonds. The first-order valence-corrected chi connectivity index (χ1v) is 10.2. The van der Waals surface area contributed by atoms with Crippen LogP contribution in [0.5, 0.6) is 0 Å². The van der Waals surface area contributed by atoms with Gasteiger partial charge in [0.2, 0.25) is 0 Å². The highest BCUT2D eigenvalue weighted by Crippen LogP contribution is 2.32. The van der Waals surface area contributed by atoms with E-state index >= 15 is 0 Å². The molecule has 0 bridgehead atoms. The van der Waals surface area contributed by atoms with Crippen LogP contribution in [-0.2, 0) is 12.4 Å². The van der Waals surface area contributed by atoms with Crippen molar-refractivity contribution in [2.24, 2.45) is 0 Å². The highest BCUT2D eigenvalue weighted by Gasteiger charge is 2.45. The summed E-state index contributed by atoms with van der Waals surface area (Å²) in [6.45, 7) is 1.43. The summed E-state index contributed by atoms with van der Waals surface area (Å²) < 4.78 is 79.9. The van der Waals surface area contributed by atoms with E-state index in [1.807, 2.05) is 0 Å². The summed E-state index contributed by atoms with van der Waals surface area (Å²) in [7, 11) is -3.46. The molecule has 0 N–H and O–H groups in total. The van der Waals surface area contributed by atoms with Crippen LogP contribution in [-0.4, -0.2) is 13.6 Å². The van der Waals surface area contributed by atoms with Crippen molar-refractivity contribution >= 4 is 30.0 Å². The molecular weight excluding hydrogens is 370 g/mol. The Hall–Kier alpha value is -1.47. The summed E-state index contributed by atoms with van der Waals surface area (Å²) >= 11 is 5.95. The van der Waals surface area contributed by atoms with Gasteiger partial charge in [-0.1, -0.05) is 55.1 Å². The minimum absolute atomic E-state index is 0.149. The van der Waals surface area contributed by atoms with E-state index in [9.17, 15) is 26.3 Å². The summed E-state index contributed by atoms with van der Waals surface area (Å²) in [6, 6.07) is 9.41. The van der Waals surface area contributed by atoms with Crippen LogP contribution in [0.3, 0.4) is 0 Å². The molecule has 0 aliphatic rings. The summed E-state index contributed by atoms with van der Waals surface area (Å²) in [6.07, 6.45) is -9.33. The predicted molar refractivity (Wildman–Crippen MR) is 84.5 cm³/mol. The molecule has 0 nitrogen and oxygen atoms in total. The van der Waals surface area contributed by atoms with Crippen molar-refractivity contribution in [1.29, 1.82) is 0 Å². The van der Waals surface area contributed by atoms with Gasteiger partial charge in [-0.3, -0.25) is 0 Å². The molecule has 0 saturated heterocycles. The van der Waals surface area contributed by atoms with Crippen LogP contribution in [0.15, 0.2) is 48.5 Å². The number of rotatable bonds is 3. The van der Waals surface area contributed by atoms with E-state index in [-0.39, 0.29) is 15.9 Å². The van der Waals surface area contributed by atoms with Crippen LogP contribution < -0.4 is 10.4 Å². The van der Waals surface area contributed by atoms with Crippen LogP contribution in [0.25, 0.3) is 0 Å². The van der Waals surface area contributed by atoms with E-state index in [2.05, 4.69) is 0 Å². The van der Waals surface area contributed by atoms with Crippen LogP contribution in [0.4, 0.5) is 26.3 Å². The molecule has 130 valence electrons. The second kappa shape index (κ2) is 6.44. The molecule has 0 saturated carbocycles. The van der Waals surface area contributed by atoms with Gasteiger partial charge in [-0.05, 0) is 10.4 Å². The fourth-order valence-corrected chi connectivity index (χ4v) is 6.72. The zero-order valence-electron chi connectivity index (χ0n) is 12.5. The Morgan fingerprint density at radius 3 is 1.38 bits per heavy atom. The van der Waals surface area contributed by atoms with Crippen molar-refractivity contribution in [1.82, 2.24) is 0 Å². The van der Waals surface area contributed by atoms with Crippen molar-refractivity contribution in [3.63, 3.8) is 0 Å². The van der Waals surface area contributed by atoms with Gasteiger partial charge in [0.1, 0.15) is 8.07 Å². The standard InChI is InChI=1S/C16H13ClF6Si/c1-24(10-17,13-8-4-2-6-11(13)15(18,19)20)14-9-5-3-7-12(14)16(21,22)23/h2-9H,10H2,1H3. The molecular formula is C16H13ClF6Si. The molecule has 0 unspecified atom stereocenters.